The molecule has 37 heavy (non-hydrogen) atoms. The first-order chi connectivity index (χ1) is 17.8. The zero-order chi connectivity index (χ0) is 26.0. The molecule has 13 heteroatoms. The minimum absolute atomic E-state index is 0.103. The molecule has 2 aromatic heterocycles. The number of rotatable bonds is 11. The van der Waals surface area contributed by atoms with Crippen LogP contribution in [0.4, 0.5) is 0 Å². The van der Waals surface area contributed by atoms with E-state index in [1.54, 1.807) is 19.2 Å². The van der Waals surface area contributed by atoms with Crippen LogP contribution in [0.2, 0.25) is 0 Å². The van der Waals surface area contributed by atoms with Crippen molar-refractivity contribution in [1.82, 2.24) is 19.7 Å². The zero-order valence-electron chi connectivity index (χ0n) is 20.3. The van der Waals surface area contributed by atoms with Gasteiger partial charge < -0.3 is 29.0 Å². The second-order valence-corrected chi connectivity index (χ2v) is 10.6. The minimum atomic E-state index is -3.72. The van der Waals surface area contributed by atoms with Crippen LogP contribution >= 0.6 is 0 Å². The highest BCUT2D eigenvalue weighted by Crippen LogP contribution is 2.42. The Labute approximate surface area is 213 Å². The Balaban J connectivity index is 1.43. The van der Waals surface area contributed by atoms with Gasteiger partial charge in [0.1, 0.15) is 28.9 Å². The van der Waals surface area contributed by atoms with Crippen LogP contribution in [0.3, 0.4) is 0 Å². The van der Waals surface area contributed by atoms with Crippen molar-refractivity contribution in [3.8, 4) is 28.6 Å². The Morgan fingerprint density at radius 3 is 2.59 bits per heavy atom. The maximum absolute atomic E-state index is 11.9. The van der Waals surface area contributed by atoms with Crippen LogP contribution in [0, 0.1) is 0 Å². The summed E-state index contributed by atoms with van der Waals surface area (Å²) in [5, 5.41) is 9.10. The summed E-state index contributed by atoms with van der Waals surface area (Å²) in [6.45, 7) is 0.767. The fourth-order valence-corrected chi connectivity index (χ4v) is 4.44. The lowest BCUT2D eigenvalue weighted by Gasteiger charge is -2.18. The van der Waals surface area contributed by atoms with Gasteiger partial charge in [-0.25, -0.2) is 28.1 Å². The molecule has 5 rings (SSSR count). The van der Waals surface area contributed by atoms with E-state index in [2.05, 4.69) is 24.7 Å². The van der Waals surface area contributed by atoms with E-state index in [0.717, 1.165) is 30.3 Å². The second kappa shape index (κ2) is 10.1. The molecule has 1 fully saturated rings. The monoisotopic (exact) mass is 529 g/mol. The van der Waals surface area contributed by atoms with E-state index >= 15 is 0 Å². The van der Waals surface area contributed by atoms with E-state index in [-0.39, 0.29) is 29.2 Å². The molecule has 3 N–H and O–H groups in total. The van der Waals surface area contributed by atoms with E-state index in [9.17, 15) is 13.5 Å². The molecule has 1 aromatic carbocycles. The van der Waals surface area contributed by atoms with Crippen molar-refractivity contribution in [2.24, 2.45) is 4.99 Å². The van der Waals surface area contributed by atoms with Crippen molar-refractivity contribution >= 4 is 15.9 Å². The highest BCUT2D eigenvalue weighted by molar-refractivity contribution is 7.89. The predicted molar refractivity (Wildman–Crippen MR) is 132 cm³/mol. The number of sulfonamides is 1. The molecule has 0 spiro atoms. The number of methoxy groups -OCH3 is 1. The van der Waals surface area contributed by atoms with Crippen LogP contribution in [0.5, 0.6) is 17.4 Å². The van der Waals surface area contributed by atoms with Crippen molar-refractivity contribution in [3.05, 3.63) is 48.4 Å². The number of nitrogens with one attached hydrogen (secondary N) is 2. The number of aliphatic hydroxyl groups is 1. The van der Waals surface area contributed by atoms with Crippen LogP contribution in [-0.2, 0) is 19.5 Å². The molecule has 2 aliphatic rings. The van der Waals surface area contributed by atoms with Crippen molar-refractivity contribution in [2.75, 3.05) is 33.9 Å². The largest absolute Gasteiger partial charge is 0.485 e. The number of H-pyrrole nitrogens is 1. The first-order valence-corrected chi connectivity index (χ1v) is 13.1. The van der Waals surface area contributed by atoms with Gasteiger partial charge in [0.2, 0.25) is 11.8 Å². The smallest absolute Gasteiger partial charge is 0.259 e. The topological polar surface area (TPSA) is 157 Å². The Hall–Kier alpha value is -3.52. The fourth-order valence-electron chi connectivity index (χ4n) is 3.84. The summed E-state index contributed by atoms with van der Waals surface area (Å²) < 4.78 is 49.2. The van der Waals surface area contributed by atoms with Crippen molar-refractivity contribution in [1.29, 1.82) is 0 Å². The number of aliphatic imine (C=N–C) groups is 1. The summed E-state index contributed by atoms with van der Waals surface area (Å²) in [5.74, 6) is 1.56. The van der Waals surface area contributed by atoms with Crippen molar-refractivity contribution in [2.45, 2.75) is 29.6 Å². The van der Waals surface area contributed by atoms with Gasteiger partial charge >= 0.3 is 0 Å². The van der Waals surface area contributed by atoms with Gasteiger partial charge in [0.05, 0.1) is 32.2 Å². The Bertz CT molecular complexity index is 1400. The highest BCUT2D eigenvalue weighted by Gasteiger charge is 2.45. The van der Waals surface area contributed by atoms with Gasteiger partial charge in [0.25, 0.3) is 10.0 Å². The Morgan fingerprint density at radius 1 is 1.16 bits per heavy atom. The van der Waals surface area contributed by atoms with E-state index in [4.69, 9.17) is 18.9 Å². The van der Waals surface area contributed by atoms with Crippen LogP contribution in [0.15, 0.2) is 52.7 Å². The molecule has 12 nitrogen and oxygen atoms in total. The first-order valence-electron chi connectivity index (χ1n) is 11.6. The summed E-state index contributed by atoms with van der Waals surface area (Å²) in [6.07, 6.45) is 3.78. The normalized spacial score (nSPS) is 18.2. The molecule has 196 valence electrons. The molecule has 3 heterocycles. The Morgan fingerprint density at radius 2 is 1.95 bits per heavy atom. The van der Waals surface area contributed by atoms with Crippen LogP contribution in [-0.4, -0.2) is 80.0 Å². The number of nitrogens with zero attached hydrogens (tertiary/aromatic N) is 3. The standard InChI is InChI=1S/C24H27N5O7S/c1-25-37(31,32)22-12-26-21(11-27-22)34-16-7-15(8-17(9-16)36-24(5-6-24)14-33-2)19-3-4-20(29-19)23-28-10-18(13-30)35-23/h3-4,7-9,11-12,18,25,29-30H,5-6,10,13-14H2,1-2H3/t18-/m1/s1. The number of hydrogen-bond acceptors (Lipinski definition) is 10. The van der Waals surface area contributed by atoms with Gasteiger partial charge in [-0.2, -0.15) is 0 Å². The summed E-state index contributed by atoms with van der Waals surface area (Å²) in [5.41, 5.74) is 1.85. The van der Waals surface area contributed by atoms with Gasteiger partial charge in [-0.05, 0) is 44.2 Å². The number of aromatic nitrogens is 3. The highest BCUT2D eigenvalue weighted by atomic mass is 32.2. The maximum Gasteiger partial charge on any atom is 0.259 e. The molecule has 0 amide bonds. The average molecular weight is 530 g/mol. The average Bonchev–Trinajstić information content (AvgIpc) is 3.27. The van der Waals surface area contributed by atoms with Gasteiger partial charge in [-0.3, -0.25) is 0 Å². The van der Waals surface area contributed by atoms with Gasteiger partial charge in [0, 0.05) is 24.4 Å². The van der Waals surface area contributed by atoms with E-state index in [1.165, 1.54) is 13.2 Å². The lowest BCUT2D eigenvalue weighted by atomic mass is 10.1. The third kappa shape index (κ3) is 5.59. The lowest BCUT2D eigenvalue weighted by molar-refractivity contribution is 0.0638. The molecule has 1 atom stereocenters. The number of benzene rings is 1. The van der Waals surface area contributed by atoms with Crippen molar-refractivity contribution < 1.29 is 32.5 Å². The molecule has 0 bridgehead atoms. The summed E-state index contributed by atoms with van der Waals surface area (Å²) in [7, 11) is -0.777. The molecule has 1 aliphatic carbocycles. The van der Waals surface area contributed by atoms with Gasteiger partial charge in [0.15, 0.2) is 5.03 Å². The minimum Gasteiger partial charge on any atom is -0.485 e. The number of ether oxygens (including phenoxy) is 4. The molecule has 0 radical (unpaired) electrons. The van der Waals surface area contributed by atoms with Crippen molar-refractivity contribution in [3.63, 3.8) is 0 Å². The van der Waals surface area contributed by atoms with Gasteiger partial charge in [-0.15, -0.1) is 0 Å². The Kier molecular flexibility index (Phi) is 6.86. The van der Waals surface area contributed by atoms with Crippen LogP contribution in [0.25, 0.3) is 11.3 Å². The molecular weight excluding hydrogens is 502 g/mol. The van der Waals surface area contributed by atoms with Gasteiger partial charge in [-0.1, -0.05) is 0 Å². The molecule has 1 saturated carbocycles. The first kappa shape index (κ1) is 25.1. The summed E-state index contributed by atoms with van der Waals surface area (Å²) in [4.78, 5) is 15.7. The third-order valence-corrected chi connectivity index (χ3v) is 7.25. The molecule has 0 unspecified atom stereocenters. The summed E-state index contributed by atoms with van der Waals surface area (Å²) in [6, 6.07) is 9.16. The quantitative estimate of drug-likeness (QED) is 0.337. The van der Waals surface area contributed by atoms with E-state index < -0.39 is 10.0 Å². The number of aliphatic hydroxyl groups excluding tert-OH is 1. The lowest BCUT2D eigenvalue weighted by Crippen LogP contribution is -2.24. The fraction of sp³-hybridized carbons (Fsp3) is 0.375. The second-order valence-electron chi connectivity index (χ2n) is 8.77. The summed E-state index contributed by atoms with van der Waals surface area (Å²) >= 11 is 0. The van der Waals surface area contributed by atoms with Crippen LogP contribution in [0.1, 0.15) is 18.5 Å². The van der Waals surface area contributed by atoms with Crippen LogP contribution < -0.4 is 14.2 Å². The molecule has 0 saturated heterocycles. The third-order valence-electron chi connectivity index (χ3n) is 5.95. The predicted octanol–water partition coefficient (Wildman–Crippen LogP) is 1.87. The number of hydrogen-bond donors (Lipinski definition) is 3. The van der Waals surface area contributed by atoms with E-state index in [0.29, 0.717) is 36.2 Å². The molecular formula is C24H27N5O7S. The molecule has 3 aromatic rings. The zero-order valence-corrected chi connectivity index (χ0v) is 21.1. The molecule has 1 aliphatic heterocycles. The number of aromatic amines is 1. The SMILES string of the molecule is CNS(=O)(=O)c1cnc(Oc2cc(OC3(COC)CC3)cc(-c3ccc(C4=NC[C@H](CO)O4)[nH]3)c2)cn1. The van der Waals surface area contributed by atoms with E-state index in [1.807, 2.05) is 18.2 Å². The maximum atomic E-state index is 11.9.